The molecule has 0 amide bonds. The Morgan fingerprint density at radius 3 is 2.94 bits per heavy atom. The van der Waals surface area contributed by atoms with Gasteiger partial charge in [-0.05, 0) is 6.42 Å². The fraction of sp³-hybridized carbons (Fsp3) is 0.667. The lowest BCUT2D eigenvalue weighted by atomic mass is 9.88. The molecule has 1 aromatic rings. The van der Waals surface area contributed by atoms with Gasteiger partial charge in [-0.1, -0.05) is 13.8 Å². The molecular weight excluding hydrogens is 236 g/mol. The van der Waals surface area contributed by atoms with Gasteiger partial charge < -0.3 is 9.47 Å². The van der Waals surface area contributed by atoms with Crippen molar-refractivity contribution in [2.75, 3.05) is 6.61 Å². The maximum absolute atomic E-state index is 11.8. The third kappa shape index (κ3) is 1.42. The van der Waals surface area contributed by atoms with Crippen LogP contribution in [0.4, 0.5) is 0 Å². The average Bonchev–Trinajstić information content (AvgIpc) is 2.81. The van der Waals surface area contributed by atoms with Crippen molar-refractivity contribution >= 4 is 0 Å². The molecule has 2 fully saturated rings. The highest BCUT2D eigenvalue weighted by Gasteiger charge is 2.58. The van der Waals surface area contributed by atoms with Gasteiger partial charge in [-0.2, -0.15) is 0 Å². The zero-order valence-electron chi connectivity index (χ0n) is 10.4. The first-order valence-electron chi connectivity index (χ1n) is 6.18. The van der Waals surface area contributed by atoms with Gasteiger partial charge in [0.05, 0.1) is 12.2 Å². The summed E-state index contributed by atoms with van der Waals surface area (Å²) in [5, 5.41) is 0. The Bertz CT molecular complexity index is 578. The lowest BCUT2D eigenvalue weighted by molar-refractivity contribution is -0.174. The smallest absolute Gasteiger partial charge is 0.330 e. The highest BCUT2D eigenvalue weighted by atomic mass is 16.6. The summed E-state index contributed by atoms with van der Waals surface area (Å²) in [4.78, 5) is 25.1. The molecule has 0 unspecified atom stereocenters. The van der Waals surface area contributed by atoms with Crippen LogP contribution in [0.15, 0.2) is 21.9 Å². The summed E-state index contributed by atoms with van der Waals surface area (Å²) < 4.78 is 13.2. The van der Waals surface area contributed by atoms with Crippen molar-refractivity contribution in [1.29, 1.82) is 0 Å². The second-order valence-corrected chi connectivity index (χ2v) is 5.01. The summed E-state index contributed by atoms with van der Waals surface area (Å²) in [6, 6.07) is 1.32. The van der Waals surface area contributed by atoms with Crippen LogP contribution in [0, 0.1) is 5.92 Å². The molecular formula is C12H16N2O4. The molecule has 0 aromatic carbocycles. The fourth-order valence-corrected chi connectivity index (χ4v) is 2.94. The molecule has 2 saturated heterocycles. The van der Waals surface area contributed by atoms with Gasteiger partial charge in [0.25, 0.3) is 5.56 Å². The predicted octanol–water partition coefficient (Wildman–Crippen LogP) is 0.249. The van der Waals surface area contributed by atoms with Crippen LogP contribution in [0.1, 0.15) is 26.5 Å². The number of hydrogen-bond acceptors (Lipinski definition) is 4. The van der Waals surface area contributed by atoms with E-state index in [-0.39, 0.29) is 17.6 Å². The molecule has 2 aliphatic heterocycles. The highest BCUT2D eigenvalue weighted by molar-refractivity contribution is 5.04. The third-order valence-electron chi connectivity index (χ3n) is 4.20. The van der Waals surface area contributed by atoms with Gasteiger partial charge in [-0.25, -0.2) is 4.79 Å². The normalized spacial score (nSPS) is 38.2. The Morgan fingerprint density at radius 2 is 2.33 bits per heavy atom. The minimum Gasteiger partial charge on any atom is -0.370 e. The largest absolute Gasteiger partial charge is 0.370 e. The second-order valence-electron chi connectivity index (χ2n) is 5.01. The summed E-state index contributed by atoms with van der Waals surface area (Å²) in [6.07, 6.45) is 1.73. The van der Waals surface area contributed by atoms with E-state index in [2.05, 4.69) is 18.8 Å². The number of H-pyrrole nitrogens is 1. The van der Waals surface area contributed by atoms with Crippen LogP contribution >= 0.6 is 0 Å². The zero-order valence-corrected chi connectivity index (χ0v) is 10.4. The van der Waals surface area contributed by atoms with Gasteiger partial charge >= 0.3 is 5.69 Å². The minimum atomic E-state index is -0.456. The maximum atomic E-state index is 11.8. The van der Waals surface area contributed by atoms with E-state index in [4.69, 9.17) is 9.47 Å². The van der Waals surface area contributed by atoms with Gasteiger partial charge in [-0.3, -0.25) is 14.3 Å². The van der Waals surface area contributed by atoms with Gasteiger partial charge in [0.2, 0.25) is 0 Å². The Balaban J connectivity index is 2.01. The lowest BCUT2D eigenvalue weighted by Crippen LogP contribution is -2.40. The highest BCUT2D eigenvalue weighted by Crippen LogP contribution is 2.49. The first kappa shape index (κ1) is 11.7. The molecule has 6 nitrogen and oxygen atoms in total. The van der Waals surface area contributed by atoms with Gasteiger partial charge in [0.15, 0.2) is 6.23 Å². The number of nitrogens with one attached hydrogen (secondary N) is 1. The van der Waals surface area contributed by atoms with E-state index in [0.717, 1.165) is 6.42 Å². The van der Waals surface area contributed by atoms with Crippen molar-refractivity contribution in [2.24, 2.45) is 5.92 Å². The van der Waals surface area contributed by atoms with Crippen molar-refractivity contribution < 1.29 is 9.47 Å². The van der Waals surface area contributed by atoms with E-state index in [1.807, 2.05) is 0 Å². The van der Waals surface area contributed by atoms with Gasteiger partial charge in [-0.15, -0.1) is 0 Å². The van der Waals surface area contributed by atoms with Crippen LogP contribution in [0.5, 0.6) is 0 Å². The molecule has 0 spiro atoms. The molecule has 3 rings (SSSR count). The van der Waals surface area contributed by atoms with E-state index < -0.39 is 17.5 Å². The molecule has 2 bridgehead atoms. The Kier molecular flexibility index (Phi) is 2.46. The van der Waals surface area contributed by atoms with Crippen LogP contribution in [0.3, 0.4) is 0 Å². The zero-order chi connectivity index (χ0) is 12.9. The van der Waals surface area contributed by atoms with Crippen molar-refractivity contribution in [1.82, 2.24) is 9.55 Å². The number of hydrogen-bond donors (Lipinski definition) is 1. The van der Waals surface area contributed by atoms with Crippen LogP contribution in [0.25, 0.3) is 0 Å². The molecule has 18 heavy (non-hydrogen) atoms. The number of rotatable bonds is 2. The molecule has 4 atom stereocenters. The maximum Gasteiger partial charge on any atom is 0.330 e. The third-order valence-corrected chi connectivity index (χ3v) is 4.20. The van der Waals surface area contributed by atoms with E-state index >= 15 is 0 Å². The average molecular weight is 252 g/mol. The van der Waals surface area contributed by atoms with Crippen molar-refractivity contribution in [3.05, 3.63) is 33.1 Å². The number of aromatic amines is 1. The molecule has 3 heterocycles. The van der Waals surface area contributed by atoms with Crippen LogP contribution in [-0.2, 0) is 9.47 Å². The summed E-state index contributed by atoms with van der Waals surface area (Å²) in [5.41, 5.74) is -1.16. The van der Waals surface area contributed by atoms with E-state index in [0.29, 0.717) is 6.61 Å². The molecule has 6 heteroatoms. The van der Waals surface area contributed by atoms with Crippen LogP contribution in [0.2, 0.25) is 0 Å². The lowest BCUT2D eigenvalue weighted by Gasteiger charge is -2.30. The van der Waals surface area contributed by atoms with Crippen molar-refractivity contribution in [3.8, 4) is 0 Å². The predicted molar refractivity (Wildman–Crippen MR) is 63.4 cm³/mol. The number of nitrogens with zero attached hydrogens (tertiary/aromatic N) is 1. The SMILES string of the molecule is CC[C@@]12CO[C@@H]([C@H](n3ccc(=O)[nH]c3=O)O1)[C@@H]2C. The monoisotopic (exact) mass is 252 g/mol. The van der Waals surface area contributed by atoms with E-state index in [1.54, 1.807) is 0 Å². The van der Waals surface area contributed by atoms with Gasteiger partial charge in [0, 0.05) is 18.2 Å². The molecule has 1 N–H and O–H groups in total. The minimum absolute atomic E-state index is 0.131. The van der Waals surface area contributed by atoms with Crippen molar-refractivity contribution in [3.63, 3.8) is 0 Å². The number of fused-ring (bicyclic) bond motifs is 2. The van der Waals surface area contributed by atoms with Crippen molar-refractivity contribution in [2.45, 2.75) is 38.2 Å². The Labute approximate surface area is 104 Å². The second kappa shape index (κ2) is 3.80. The van der Waals surface area contributed by atoms with Crippen LogP contribution < -0.4 is 11.2 Å². The van der Waals surface area contributed by atoms with Gasteiger partial charge in [0.1, 0.15) is 6.10 Å². The quantitative estimate of drug-likeness (QED) is 0.818. The first-order valence-corrected chi connectivity index (χ1v) is 6.18. The summed E-state index contributed by atoms with van der Waals surface area (Å²) in [7, 11) is 0. The summed E-state index contributed by atoms with van der Waals surface area (Å²) >= 11 is 0. The van der Waals surface area contributed by atoms with Crippen LogP contribution in [-0.4, -0.2) is 27.9 Å². The fourth-order valence-electron chi connectivity index (χ4n) is 2.94. The van der Waals surface area contributed by atoms with E-state index in [1.165, 1.54) is 16.8 Å². The molecule has 0 aliphatic carbocycles. The number of ether oxygens (including phenoxy) is 2. The topological polar surface area (TPSA) is 73.3 Å². The standard InChI is InChI=1S/C12H16N2O4/c1-3-12-6-17-9(7(12)2)10(18-12)14-5-4-8(15)13-11(14)16/h4-5,7,9-10H,3,6H2,1-2H3,(H,13,15,16)/t7-,9+,10+,12-/m0/s1. The number of aromatic nitrogens is 2. The molecule has 98 valence electrons. The summed E-state index contributed by atoms with van der Waals surface area (Å²) in [5.74, 6) is 0.242. The Hall–Kier alpha value is -1.40. The summed E-state index contributed by atoms with van der Waals surface area (Å²) in [6.45, 7) is 4.71. The Morgan fingerprint density at radius 1 is 1.56 bits per heavy atom. The first-order chi connectivity index (χ1) is 8.57. The molecule has 0 saturated carbocycles. The molecule has 2 aliphatic rings. The molecule has 1 aromatic heterocycles. The van der Waals surface area contributed by atoms with E-state index in [9.17, 15) is 9.59 Å². The molecule has 0 radical (unpaired) electrons.